The average molecular weight is 297 g/mol. The molecule has 1 N–H and O–H groups in total. The van der Waals surface area contributed by atoms with Crippen molar-refractivity contribution in [1.82, 2.24) is 5.32 Å². The van der Waals surface area contributed by atoms with E-state index in [0.29, 0.717) is 5.70 Å². The van der Waals surface area contributed by atoms with E-state index in [2.05, 4.69) is 5.32 Å². The molecule has 0 fully saturated rings. The molecule has 1 aromatic carbocycles. The maximum atomic E-state index is 12.5. The molecule has 0 saturated heterocycles. The molecule has 110 valence electrons. The second kappa shape index (κ2) is 8.00. The Morgan fingerprint density at radius 3 is 2.20 bits per heavy atom. The Bertz CT molecular complexity index is 503. The maximum absolute atomic E-state index is 12.5. The van der Waals surface area contributed by atoms with Crippen molar-refractivity contribution in [2.45, 2.75) is 20.8 Å². The number of rotatable bonds is 7. The van der Waals surface area contributed by atoms with Gasteiger partial charge in [-0.15, -0.1) is 0 Å². The highest BCUT2D eigenvalue weighted by molar-refractivity contribution is 7.57. The van der Waals surface area contributed by atoms with E-state index >= 15 is 0 Å². The van der Waals surface area contributed by atoms with Gasteiger partial charge in [0.15, 0.2) is 0 Å². The van der Waals surface area contributed by atoms with Gasteiger partial charge in [0.2, 0.25) is 5.91 Å². The molecule has 0 bridgehead atoms. The minimum atomic E-state index is -3.37. The Morgan fingerprint density at radius 1 is 1.20 bits per heavy atom. The zero-order chi connectivity index (χ0) is 15.0. The van der Waals surface area contributed by atoms with Gasteiger partial charge in [-0.2, -0.15) is 0 Å². The van der Waals surface area contributed by atoms with Crippen molar-refractivity contribution >= 4 is 19.2 Å². The molecule has 0 aromatic heterocycles. The van der Waals surface area contributed by atoms with Crippen LogP contribution in [0.5, 0.6) is 0 Å². The van der Waals surface area contributed by atoms with Gasteiger partial charge >= 0.3 is 7.60 Å². The van der Waals surface area contributed by atoms with Crippen molar-refractivity contribution in [3.8, 4) is 0 Å². The van der Waals surface area contributed by atoms with Crippen molar-refractivity contribution in [1.29, 1.82) is 0 Å². The van der Waals surface area contributed by atoms with E-state index in [0.717, 1.165) is 5.56 Å². The first-order valence-corrected chi connectivity index (χ1v) is 8.06. The first-order chi connectivity index (χ1) is 9.50. The largest absolute Gasteiger partial charge is 0.356 e. The lowest BCUT2D eigenvalue weighted by Crippen LogP contribution is -2.18. The van der Waals surface area contributed by atoms with E-state index in [4.69, 9.17) is 9.05 Å². The monoisotopic (exact) mass is 297 g/mol. The van der Waals surface area contributed by atoms with E-state index in [9.17, 15) is 9.36 Å². The highest BCUT2D eigenvalue weighted by Gasteiger charge is 2.22. The van der Waals surface area contributed by atoms with Crippen molar-refractivity contribution < 1.29 is 18.4 Å². The summed E-state index contributed by atoms with van der Waals surface area (Å²) in [7, 11) is -3.37. The van der Waals surface area contributed by atoms with Crippen LogP contribution in [0.2, 0.25) is 0 Å². The lowest BCUT2D eigenvalue weighted by atomic mass is 10.2. The lowest BCUT2D eigenvalue weighted by Gasteiger charge is -2.16. The lowest BCUT2D eigenvalue weighted by molar-refractivity contribution is -0.117. The van der Waals surface area contributed by atoms with Crippen LogP contribution in [0.4, 0.5) is 0 Å². The molecule has 5 nitrogen and oxygen atoms in total. The van der Waals surface area contributed by atoms with Gasteiger partial charge in [0.05, 0.1) is 24.7 Å². The fraction of sp³-hybridized carbons (Fsp3) is 0.357. The highest BCUT2D eigenvalue weighted by atomic mass is 31.2. The molecule has 0 atom stereocenters. The molecule has 6 heteroatoms. The van der Waals surface area contributed by atoms with Gasteiger partial charge in [0.1, 0.15) is 0 Å². The molecule has 1 amide bonds. The SMILES string of the molecule is CCOP(=O)(/C=C(/NC(C)=O)c1ccccc1)OCC. The van der Waals surface area contributed by atoms with Crippen LogP contribution in [-0.2, 0) is 18.4 Å². The van der Waals surface area contributed by atoms with Crippen LogP contribution >= 0.6 is 7.60 Å². The summed E-state index contributed by atoms with van der Waals surface area (Å²) >= 11 is 0. The van der Waals surface area contributed by atoms with E-state index in [-0.39, 0.29) is 19.1 Å². The van der Waals surface area contributed by atoms with E-state index < -0.39 is 7.60 Å². The minimum Gasteiger partial charge on any atom is -0.325 e. The standard InChI is InChI=1S/C14H20NO4P/c1-4-18-20(17,19-5-2)11-14(15-12(3)16)13-9-7-6-8-10-13/h6-11H,4-5H2,1-3H3,(H,15,16)/b14-11+. The minimum absolute atomic E-state index is 0.250. The molecular weight excluding hydrogens is 277 g/mol. The third-order valence-electron chi connectivity index (χ3n) is 2.30. The smallest absolute Gasteiger partial charge is 0.325 e. The van der Waals surface area contributed by atoms with Crippen molar-refractivity contribution in [2.24, 2.45) is 0 Å². The summed E-state index contributed by atoms with van der Waals surface area (Å²) in [6.07, 6.45) is 0. The van der Waals surface area contributed by atoms with Gasteiger partial charge in [-0.3, -0.25) is 9.36 Å². The number of benzene rings is 1. The Hall–Kier alpha value is -1.42. The Kier molecular flexibility index (Phi) is 6.65. The summed E-state index contributed by atoms with van der Waals surface area (Å²) < 4.78 is 22.9. The highest BCUT2D eigenvalue weighted by Crippen LogP contribution is 2.51. The fourth-order valence-corrected chi connectivity index (χ4v) is 3.09. The molecule has 0 aliphatic heterocycles. The normalized spacial score (nSPS) is 12.2. The van der Waals surface area contributed by atoms with Crippen molar-refractivity contribution in [3.05, 3.63) is 41.7 Å². The topological polar surface area (TPSA) is 64.6 Å². The predicted molar refractivity (Wildman–Crippen MR) is 79.1 cm³/mol. The summed E-state index contributed by atoms with van der Waals surface area (Å²) in [4.78, 5) is 11.3. The molecule has 20 heavy (non-hydrogen) atoms. The molecule has 0 spiro atoms. The summed E-state index contributed by atoms with van der Waals surface area (Å²) in [6.45, 7) is 5.38. The molecule has 0 radical (unpaired) electrons. The van der Waals surface area contributed by atoms with Crippen LogP contribution in [0, 0.1) is 0 Å². The van der Waals surface area contributed by atoms with Crippen molar-refractivity contribution in [2.75, 3.05) is 13.2 Å². The van der Waals surface area contributed by atoms with Crippen LogP contribution in [0.25, 0.3) is 5.70 Å². The number of carbonyl (C=O) groups is 1. The number of nitrogens with one attached hydrogen (secondary N) is 1. The first kappa shape index (κ1) is 16.6. The fourth-order valence-electron chi connectivity index (χ4n) is 1.62. The van der Waals surface area contributed by atoms with Gasteiger partial charge in [0, 0.05) is 6.92 Å². The maximum Gasteiger partial charge on any atom is 0.356 e. The van der Waals surface area contributed by atoms with E-state index in [1.165, 1.54) is 12.7 Å². The van der Waals surface area contributed by atoms with E-state index in [1.54, 1.807) is 13.8 Å². The third-order valence-corrected chi connectivity index (χ3v) is 4.11. The number of hydrogen-bond donors (Lipinski definition) is 1. The molecule has 0 aliphatic rings. The van der Waals surface area contributed by atoms with Crippen LogP contribution in [0.3, 0.4) is 0 Å². The number of amides is 1. The molecule has 0 aliphatic carbocycles. The molecule has 0 saturated carbocycles. The van der Waals surface area contributed by atoms with Gasteiger partial charge in [0.25, 0.3) is 0 Å². The van der Waals surface area contributed by atoms with Gasteiger partial charge in [-0.05, 0) is 19.4 Å². The molecular formula is C14H20NO4P. The number of carbonyl (C=O) groups excluding carboxylic acids is 1. The molecule has 1 aromatic rings. The zero-order valence-corrected chi connectivity index (χ0v) is 12.9. The third kappa shape index (κ3) is 5.29. The Balaban J connectivity index is 3.17. The van der Waals surface area contributed by atoms with Crippen LogP contribution < -0.4 is 5.32 Å². The molecule has 0 heterocycles. The summed E-state index contributed by atoms with van der Waals surface area (Å²) in [5.41, 5.74) is 1.16. The summed E-state index contributed by atoms with van der Waals surface area (Å²) in [6, 6.07) is 9.14. The second-order valence-corrected chi connectivity index (χ2v) is 5.82. The first-order valence-electron chi connectivity index (χ1n) is 6.45. The Morgan fingerprint density at radius 2 is 1.75 bits per heavy atom. The quantitative estimate of drug-likeness (QED) is 0.783. The van der Waals surface area contributed by atoms with Crippen LogP contribution in [0.1, 0.15) is 26.3 Å². The average Bonchev–Trinajstić information content (AvgIpc) is 2.39. The molecule has 1 rings (SSSR count). The van der Waals surface area contributed by atoms with Gasteiger partial charge in [-0.25, -0.2) is 0 Å². The van der Waals surface area contributed by atoms with E-state index in [1.807, 2.05) is 30.3 Å². The van der Waals surface area contributed by atoms with Gasteiger partial charge < -0.3 is 14.4 Å². The van der Waals surface area contributed by atoms with Crippen LogP contribution in [0.15, 0.2) is 36.1 Å². The summed E-state index contributed by atoms with van der Waals surface area (Å²) in [5.74, 6) is 1.11. The summed E-state index contributed by atoms with van der Waals surface area (Å²) in [5, 5.41) is 2.66. The number of hydrogen-bond acceptors (Lipinski definition) is 4. The molecule has 0 unspecified atom stereocenters. The van der Waals surface area contributed by atoms with Gasteiger partial charge in [-0.1, -0.05) is 30.3 Å². The van der Waals surface area contributed by atoms with Crippen molar-refractivity contribution in [3.63, 3.8) is 0 Å². The zero-order valence-electron chi connectivity index (χ0n) is 12.0. The van der Waals surface area contributed by atoms with Crippen LogP contribution in [-0.4, -0.2) is 19.1 Å². The Labute approximate surface area is 119 Å². The predicted octanol–water partition coefficient (Wildman–Crippen LogP) is 3.39. The second-order valence-electron chi connectivity index (χ2n) is 3.97.